The van der Waals surface area contributed by atoms with Crippen molar-refractivity contribution in [2.45, 2.75) is 37.8 Å². The van der Waals surface area contributed by atoms with E-state index in [0.717, 1.165) is 19.3 Å². The Morgan fingerprint density at radius 1 is 1.24 bits per heavy atom. The molecule has 6 nitrogen and oxygen atoms in total. The summed E-state index contributed by atoms with van der Waals surface area (Å²) in [6.07, 6.45) is 1.96. The number of amides is 1. The van der Waals surface area contributed by atoms with Crippen molar-refractivity contribution in [3.05, 3.63) is 0 Å². The third-order valence-corrected chi connectivity index (χ3v) is 3.09. The van der Waals surface area contributed by atoms with Crippen LogP contribution in [0, 0.1) is 0 Å². The van der Waals surface area contributed by atoms with Gasteiger partial charge in [0.25, 0.3) is 0 Å². The summed E-state index contributed by atoms with van der Waals surface area (Å²) in [5.74, 6) is -0.359. The molecule has 1 amide bonds. The number of nitrogens with zero attached hydrogens (tertiary/aromatic N) is 1. The van der Waals surface area contributed by atoms with Gasteiger partial charge in [-0.15, -0.1) is 0 Å². The van der Waals surface area contributed by atoms with Gasteiger partial charge in [0.1, 0.15) is 0 Å². The first-order chi connectivity index (χ1) is 8.13. The highest BCUT2D eigenvalue weighted by atomic mass is 16.5. The van der Waals surface area contributed by atoms with Gasteiger partial charge in [-0.1, -0.05) is 0 Å². The Balaban J connectivity index is 2.76. The molecule has 17 heavy (non-hydrogen) atoms. The van der Waals surface area contributed by atoms with Crippen LogP contribution in [0.5, 0.6) is 0 Å². The number of hydrogen-bond acceptors (Lipinski definition) is 5. The van der Waals surface area contributed by atoms with E-state index in [1.165, 1.54) is 19.1 Å². The molecule has 0 radical (unpaired) electrons. The molecule has 0 aliphatic carbocycles. The Morgan fingerprint density at radius 2 is 1.88 bits per heavy atom. The molecule has 0 aromatic carbocycles. The fourth-order valence-corrected chi connectivity index (χ4v) is 2.22. The number of rotatable bonds is 3. The molecule has 0 unspecified atom stereocenters. The number of methoxy groups -OCH3 is 2. The molecule has 1 aliphatic rings. The number of aliphatic hydroxyl groups is 1. The first-order valence-corrected chi connectivity index (χ1v) is 5.68. The van der Waals surface area contributed by atoms with Crippen molar-refractivity contribution in [2.24, 2.45) is 0 Å². The van der Waals surface area contributed by atoms with Crippen molar-refractivity contribution in [1.82, 2.24) is 4.90 Å². The lowest BCUT2D eigenvalue weighted by Gasteiger charge is -2.39. The van der Waals surface area contributed by atoms with Crippen LogP contribution in [-0.4, -0.2) is 55.0 Å². The standard InChI is InChI=1S/C11H19NO5/c1-16-10(14)6-8-4-3-5-9(7-13)12(8)11(15)17-2/h8-9,13H,3-7H2,1-2H3/t8-,9+/m1/s1. The number of carbonyl (C=O) groups excluding carboxylic acids is 2. The van der Waals surface area contributed by atoms with Crippen molar-refractivity contribution >= 4 is 12.1 Å². The summed E-state index contributed by atoms with van der Waals surface area (Å²) in [7, 11) is 2.61. The van der Waals surface area contributed by atoms with E-state index in [1.54, 1.807) is 0 Å². The third-order valence-electron chi connectivity index (χ3n) is 3.09. The third kappa shape index (κ3) is 3.33. The minimum atomic E-state index is -0.502. The maximum Gasteiger partial charge on any atom is 0.410 e. The minimum Gasteiger partial charge on any atom is -0.469 e. The Hall–Kier alpha value is -1.30. The molecule has 1 aliphatic heterocycles. The summed E-state index contributed by atoms with van der Waals surface area (Å²) >= 11 is 0. The van der Waals surface area contributed by atoms with E-state index in [0.29, 0.717) is 0 Å². The van der Waals surface area contributed by atoms with Crippen molar-refractivity contribution in [2.75, 3.05) is 20.8 Å². The van der Waals surface area contributed by atoms with E-state index in [9.17, 15) is 14.7 Å². The number of piperidine rings is 1. The summed E-state index contributed by atoms with van der Waals surface area (Å²) in [6, 6.07) is -0.522. The van der Waals surface area contributed by atoms with Crippen LogP contribution in [0.15, 0.2) is 0 Å². The van der Waals surface area contributed by atoms with Crippen LogP contribution in [0.1, 0.15) is 25.7 Å². The van der Waals surface area contributed by atoms with Gasteiger partial charge in [0.05, 0.1) is 33.3 Å². The molecule has 98 valence electrons. The van der Waals surface area contributed by atoms with E-state index >= 15 is 0 Å². The lowest BCUT2D eigenvalue weighted by molar-refractivity contribution is -0.142. The highest BCUT2D eigenvalue weighted by Crippen LogP contribution is 2.25. The van der Waals surface area contributed by atoms with Gasteiger partial charge in [0, 0.05) is 6.04 Å². The lowest BCUT2D eigenvalue weighted by Crippen LogP contribution is -2.52. The van der Waals surface area contributed by atoms with Crippen LogP contribution in [-0.2, 0) is 14.3 Å². The van der Waals surface area contributed by atoms with Crippen LogP contribution >= 0.6 is 0 Å². The van der Waals surface area contributed by atoms with Crippen molar-refractivity contribution in [3.63, 3.8) is 0 Å². The van der Waals surface area contributed by atoms with Crippen molar-refractivity contribution in [3.8, 4) is 0 Å². The number of likely N-dealkylation sites (tertiary alicyclic amines) is 1. The highest BCUT2D eigenvalue weighted by molar-refractivity contribution is 5.73. The van der Waals surface area contributed by atoms with E-state index in [2.05, 4.69) is 4.74 Å². The molecule has 1 fully saturated rings. The van der Waals surface area contributed by atoms with E-state index in [4.69, 9.17) is 4.74 Å². The molecule has 0 bridgehead atoms. The number of carbonyl (C=O) groups is 2. The molecular weight excluding hydrogens is 226 g/mol. The predicted octanol–water partition coefficient (Wildman–Crippen LogP) is 0.531. The minimum absolute atomic E-state index is 0.118. The summed E-state index contributed by atoms with van der Waals surface area (Å²) in [4.78, 5) is 24.4. The van der Waals surface area contributed by atoms with Crippen molar-refractivity contribution < 1.29 is 24.2 Å². The Bertz CT molecular complexity index is 281. The molecule has 1 N–H and O–H groups in total. The zero-order chi connectivity index (χ0) is 12.8. The smallest absolute Gasteiger partial charge is 0.410 e. The molecule has 1 rings (SSSR count). The second-order valence-corrected chi connectivity index (χ2v) is 4.08. The fraction of sp³-hybridized carbons (Fsp3) is 0.818. The zero-order valence-corrected chi connectivity index (χ0v) is 10.2. The quantitative estimate of drug-likeness (QED) is 0.734. The Labute approximate surface area is 100 Å². The molecule has 0 saturated carbocycles. The first kappa shape index (κ1) is 13.8. The Morgan fingerprint density at radius 3 is 2.41 bits per heavy atom. The summed E-state index contributed by atoms with van der Waals surface area (Å²) < 4.78 is 9.29. The molecule has 0 aromatic heterocycles. The summed E-state index contributed by atoms with van der Waals surface area (Å²) in [5.41, 5.74) is 0. The van der Waals surface area contributed by atoms with Crippen LogP contribution in [0.2, 0.25) is 0 Å². The number of hydrogen-bond donors (Lipinski definition) is 1. The molecule has 1 heterocycles. The molecule has 2 atom stereocenters. The van der Waals surface area contributed by atoms with Crippen LogP contribution in [0.3, 0.4) is 0 Å². The van der Waals surface area contributed by atoms with E-state index in [1.807, 2.05) is 0 Å². The molecule has 0 spiro atoms. The molecule has 0 aromatic rings. The number of esters is 1. The number of aliphatic hydroxyl groups excluding tert-OH is 1. The van der Waals surface area contributed by atoms with Gasteiger partial charge in [-0.2, -0.15) is 0 Å². The maximum absolute atomic E-state index is 11.7. The SMILES string of the molecule is COC(=O)C[C@H]1CCC[C@@H](CO)N1C(=O)OC. The largest absolute Gasteiger partial charge is 0.469 e. The van der Waals surface area contributed by atoms with Crippen molar-refractivity contribution in [1.29, 1.82) is 0 Å². The van der Waals surface area contributed by atoms with Gasteiger partial charge in [-0.05, 0) is 19.3 Å². The fourth-order valence-electron chi connectivity index (χ4n) is 2.22. The topological polar surface area (TPSA) is 76.1 Å². The first-order valence-electron chi connectivity index (χ1n) is 5.68. The van der Waals surface area contributed by atoms with Crippen LogP contribution in [0.4, 0.5) is 4.79 Å². The maximum atomic E-state index is 11.7. The summed E-state index contributed by atoms with van der Waals surface area (Å²) in [5, 5.41) is 9.25. The molecular formula is C11H19NO5. The molecule has 1 saturated heterocycles. The second-order valence-electron chi connectivity index (χ2n) is 4.08. The zero-order valence-electron chi connectivity index (χ0n) is 10.2. The summed E-state index contributed by atoms with van der Waals surface area (Å²) in [6.45, 7) is -0.118. The van der Waals surface area contributed by atoms with Gasteiger partial charge in [0.2, 0.25) is 0 Å². The van der Waals surface area contributed by atoms with E-state index in [-0.39, 0.29) is 31.1 Å². The van der Waals surface area contributed by atoms with Gasteiger partial charge in [0.15, 0.2) is 0 Å². The predicted molar refractivity (Wildman–Crippen MR) is 59.4 cm³/mol. The molecule has 6 heteroatoms. The van der Waals surface area contributed by atoms with Gasteiger partial charge in [-0.25, -0.2) is 4.79 Å². The van der Waals surface area contributed by atoms with E-state index < -0.39 is 6.09 Å². The second kappa shape index (κ2) is 6.44. The van der Waals surface area contributed by atoms with Gasteiger partial charge >= 0.3 is 12.1 Å². The Kier molecular flexibility index (Phi) is 5.21. The lowest BCUT2D eigenvalue weighted by atomic mass is 9.94. The average molecular weight is 245 g/mol. The number of ether oxygens (including phenoxy) is 2. The van der Waals surface area contributed by atoms with Gasteiger partial charge < -0.3 is 14.6 Å². The monoisotopic (exact) mass is 245 g/mol. The average Bonchev–Trinajstić information content (AvgIpc) is 2.37. The highest BCUT2D eigenvalue weighted by Gasteiger charge is 2.35. The van der Waals surface area contributed by atoms with Crippen LogP contribution < -0.4 is 0 Å². The normalized spacial score (nSPS) is 24.3. The van der Waals surface area contributed by atoms with Crippen LogP contribution in [0.25, 0.3) is 0 Å². The van der Waals surface area contributed by atoms with Gasteiger partial charge in [-0.3, -0.25) is 9.69 Å².